The summed E-state index contributed by atoms with van der Waals surface area (Å²) in [6, 6.07) is 3.42. The van der Waals surface area contributed by atoms with Gasteiger partial charge < -0.3 is 19.5 Å². The van der Waals surface area contributed by atoms with Crippen LogP contribution in [0, 0.1) is 18.8 Å². The lowest BCUT2D eigenvalue weighted by Crippen LogP contribution is -2.43. The highest BCUT2D eigenvalue weighted by atomic mass is 19.4. The van der Waals surface area contributed by atoms with Crippen molar-refractivity contribution in [1.82, 2.24) is 9.97 Å². The number of anilines is 1. The summed E-state index contributed by atoms with van der Waals surface area (Å²) in [6.45, 7) is 8.86. The van der Waals surface area contributed by atoms with Gasteiger partial charge in [-0.1, -0.05) is 19.3 Å². The Balaban J connectivity index is 1.71. The van der Waals surface area contributed by atoms with Gasteiger partial charge in [0.25, 0.3) is 0 Å². The maximum atomic E-state index is 12.6. The second-order valence-corrected chi connectivity index (χ2v) is 12.0. The molecule has 1 saturated carbocycles. The van der Waals surface area contributed by atoms with Crippen molar-refractivity contribution in [2.45, 2.75) is 90.5 Å². The molecule has 220 valence electrons. The van der Waals surface area contributed by atoms with Crippen LogP contribution in [0.15, 0.2) is 24.5 Å². The molecule has 4 rings (SSSR count). The number of carboxylic acid groups (broad SMARTS) is 1. The third-order valence-corrected chi connectivity index (χ3v) is 7.74. The van der Waals surface area contributed by atoms with Gasteiger partial charge in [0.2, 0.25) is 0 Å². The van der Waals surface area contributed by atoms with E-state index < -0.39 is 30.3 Å². The molecule has 2 fully saturated rings. The van der Waals surface area contributed by atoms with Gasteiger partial charge in [0.15, 0.2) is 6.10 Å². The first-order valence-electron chi connectivity index (χ1n) is 14.1. The van der Waals surface area contributed by atoms with Crippen molar-refractivity contribution in [3.05, 3.63) is 35.8 Å². The number of pyridine rings is 2. The molecule has 40 heavy (non-hydrogen) atoms. The van der Waals surface area contributed by atoms with Crippen molar-refractivity contribution in [1.29, 1.82) is 0 Å². The Kier molecular flexibility index (Phi) is 9.27. The maximum absolute atomic E-state index is 12.6. The Morgan fingerprint density at radius 1 is 1.10 bits per heavy atom. The number of rotatable bonds is 9. The molecule has 2 unspecified atom stereocenters. The van der Waals surface area contributed by atoms with E-state index in [1.165, 1.54) is 25.5 Å². The number of halogens is 3. The summed E-state index contributed by atoms with van der Waals surface area (Å²) in [5.74, 6) is 0.522. The molecule has 0 bridgehead atoms. The van der Waals surface area contributed by atoms with Crippen LogP contribution in [0.4, 0.5) is 18.9 Å². The summed E-state index contributed by atoms with van der Waals surface area (Å²) in [4.78, 5) is 24.0. The summed E-state index contributed by atoms with van der Waals surface area (Å²) >= 11 is 0. The molecule has 7 nitrogen and oxygen atoms in total. The molecule has 2 aromatic rings. The van der Waals surface area contributed by atoms with Gasteiger partial charge in [0, 0.05) is 42.5 Å². The van der Waals surface area contributed by atoms with Crippen LogP contribution in [0.5, 0.6) is 5.75 Å². The predicted molar refractivity (Wildman–Crippen MR) is 146 cm³/mol. The van der Waals surface area contributed by atoms with E-state index in [0.29, 0.717) is 40.1 Å². The molecule has 3 heterocycles. The summed E-state index contributed by atoms with van der Waals surface area (Å²) in [7, 11) is 0. The van der Waals surface area contributed by atoms with E-state index in [1.807, 2.05) is 27.7 Å². The molecular weight excluding hydrogens is 523 g/mol. The van der Waals surface area contributed by atoms with Crippen molar-refractivity contribution in [2.24, 2.45) is 11.8 Å². The van der Waals surface area contributed by atoms with Crippen molar-refractivity contribution >= 4 is 11.7 Å². The number of carbonyl (C=O) groups is 1. The van der Waals surface area contributed by atoms with Crippen LogP contribution < -0.4 is 9.64 Å². The molecule has 1 aliphatic heterocycles. The van der Waals surface area contributed by atoms with Crippen LogP contribution in [0.25, 0.3) is 11.3 Å². The highest BCUT2D eigenvalue weighted by Gasteiger charge is 2.37. The molecule has 10 heteroatoms. The van der Waals surface area contributed by atoms with E-state index in [2.05, 4.69) is 14.9 Å². The average Bonchev–Trinajstić information content (AvgIpc) is 2.89. The predicted octanol–water partition coefficient (Wildman–Crippen LogP) is 7.13. The molecule has 0 amide bonds. The van der Waals surface area contributed by atoms with Gasteiger partial charge in [-0.2, -0.15) is 13.2 Å². The van der Waals surface area contributed by atoms with Gasteiger partial charge in [0.1, 0.15) is 5.75 Å². The highest BCUT2D eigenvalue weighted by Crippen LogP contribution is 2.44. The van der Waals surface area contributed by atoms with Gasteiger partial charge in [-0.15, -0.1) is 0 Å². The minimum atomic E-state index is -4.21. The molecule has 0 radical (unpaired) electrons. The summed E-state index contributed by atoms with van der Waals surface area (Å²) in [5, 5.41) is 10.3. The van der Waals surface area contributed by atoms with Crippen LogP contribution in [-0.2, 0) is 9.53 Å². The van der Waals surface area contributed by atoms with Gasteiger partial charge >= 0.3 is 12.1 Å². The normalized spacial score (nSPS) is 20.6. The number of aromatic nitrogens is 2. The lowest BCUT2D eigenvalue weighted by atomic mass is 9.75. The minimum Gasteiger partial charge on any atom is -0.492 e. The Labute approximate surface area is 234 Å². The fourth-order valence-electron chi connectivity index (χ4n) is 5.93. The van der Waals surface area contributed by atoms with E-state index in [4.69, 9.17) is 9.47 Å². The highest BCUT2D eigenvalue weighted by molar-refractivity contribution is 5.85. The van der Waals surface area contributed by atoms with Crippen LogP contribution in [0.1, 0.15) is 83.1 Å². The molecule has 2 aliphatic rings. The van der Waals surface area contributed by atoms with Crippen molar-refractivity contribution in [3.63, 3.8) is 0 Å². The first kappa shape index (κ1) is 30.1. The zero-order valence-electron chi connectivity index (χ0n) is 23.8. The molecule has 1 N–H and O–H groups in total. The Bertz CT molecular complexity index is 1160. The molecule has 1 saturated heterocycles. The summed E-state index contributed by atoms with van der Waals surface area (Å²) in [6.07, 6.45) is 2.66. The van der Waals surface area contributed by atoms with E-state index in [1.54, 1.807) is 18.3 Å². The second kappa shape index (κ2) is 12.3. The monoisotopic (exact) mass is 563 g/mol. The quantitative estimate of drug-likeness (QED) is 0.325. The Morgan fingerprint density at radius 2 is 1.82 bits per heavy atom. The van der Waals surface area contributed by atoms with E-state index in [0.717, 1.165) is 31.6 Å². The van der Waals surface area contributed by atoms with Crippen LogP contribution in [0.3, 0.4) is 0 Å². The van der Waals surface area contributed by atoms with Gasteiger partial charge in [-0.25, -0.2) is 4.79 Å². The fourth-order valence-corrected chi connectivity index (χ4v) is 5.93. The lowest BCUT2D eigenvalue weighted by molar-refractivity contribution is -0.160. The maximum Gasteiger partial charge on any atom is 0.389 e. The molecule has 0 aromatic carbocycles. The van der Waals surface area contributed by atoms with Crippen molar-refractivity contribution < 1.29 is 32.5 Å². The fraction of sp³-hybridized carbons (Fsp3) is 0.633. The number of carboxylic acids is 1. The topological polar surface area (TPSA) is 84.8 Å². The summed E-state index contributed by atoms with van der Waals surface area (Å²) in [5.41, 5.74) is 2.47. The molecular formula is C30H40F3N3O4. The molecule has 1 aliphatic carbocycles. The van der Waals surface area contributed by atoms with Gasteiger partial charge in [0.05, 0.1) is 29.8 Å². The van der Waals surface area contributed by atoms with Crippen LogP contribution in [0.2, 0.25) is 0 Å². The molecule has 0 spiro atoms. The molecule has 3 atom stereocenters. The molecule has 2 aromatic heterocycles. The first-order chi connectivity index (χ1) is 18.8. The first-order valence-corrected chi connectivity index (χ1v) is 14.1. The zero-order valence-corrected chi connectivity index (χ0v) is 23.8. The number of fused-ring (bicyclic) bond motifs is 1. The Morgan fingerprint density at radius 3 is 2.45 bits per heavy atom. The number of ether oxygens (including phenoxy) is 2. The van der Waals surface area contributed by atoms with E-state index in [9.17, 15) is 23.1 Å². The summed E-state index contributed by atoms with van der Waals surface area (Å²) < 4.78 is 48.9. The van der Waals surface area contributed by atoms with Gasteiger partial charge in [-0.05, 0) is 70.9 Å². The number of alkyl halides is 3. The number of piperidine rings is 1. The van der Waals surface area contributed by atoms with Crippen molar-refractivity contribution in [2.75, 3.05) is 24.6 Å². The minimum absolute atomic E-state index is 0.0667. The second-order valence-electron chi connectivity index (χ2n) is 12.0. The third kappa shape index (κ3) is 7.65. The van der Waals surface area contributed by atoms with Crippen LogP contribution >= 0.6 is 0 Å². The number of aliphatic carboxylic acids is 1. The number of nitrogens with zero attached hydrogens (tertiary/aromatic N) is 3. The van der Waals surface area contributed by atoms with E-state index >= 15 is 0 Å². The van der Waals surface area contributed by atoms with E-state index in [-0.39, 0.29) is 13.0 Å². The number of aryl methyl sites for hydroxylation is 1. The standard InChI is InChI=1S/C30H40F3N3O4/c1-19-25(27(28(37)38)40-29(2,3)4)26(36-14-12-20-8-5-6-9-21(20)18-36)23(17-34-19)24-11-10-22(16-35-24)39-15-7-13-30(31,32)33/h10-11,16-17,20-21,27H,5-9,12-15,18H2,1-4H3,(H,37,38)/t20?,21?,27-/m0/s1. The number of hydrogen-bond acceptors (Lipinski definition) is 6. The smallest absolute Gasteiger partial charge is 0.389 e. The largest absolute Gasteiger partial charge is 0.492 e. The Hall–Kier alpha value is -2.88. The number of hydrogen-bond donors (Lipinski definition) is 1. The van der Waals surface area contributed by atoms with Crippen LogP contribution in [-0.4, -0.2) is 52.5 Å². The average molecular weight is 564 g/mol. The van der Waals surface area contributed by atoms with Crippen molar-refractivity contribution in [3.8, 4) is 17.0 Å². The SMILES string of the molecule is Cc1ncc(-c2ccc(OCCCC(F)(F)F)cn2)c(N2CCC3CCCCC3C2)c1[C@H](OC(C)(C)C)C(=O)O. The third-order valence-electron chi connectivity index (χ3n) is 7.74. The zero-order chi connectivity index (χ0) is 29.1. The lowest BCUT2D eigenvalue weighted by Gasteiger charge is -2.44. The van der Waals surface area contributed by atoms with Gasteiger partial charge in [-0.3, -0.25) is 9.97 Å².